The molecule has 4 heteroatoms. The number of benzene rings is 1. The second-order valence-corrected chi connectivity index (χ2v) is 5.43. The number of hydrogen-bond acceptors (Lipinski definition) is 2. The molecule has 0 saturated heterocycles. The predicted octanol–water partition coefficient (Wildman–Crippen LogP) is 5.33. The van der Waals surface area contributed by atoms with Crippen LogP contribution in [0, 0.1) is 0 Å². The average Bonchev–Trinajstić information content (AvgIpc) is 2.41. The molecule has 0 fully saturated rings. The Morgan fingerprint density at radius 2 is 1.95 bits per heavy atom. The van der Waals surface area contributed by atoms with Gasteiger partial charge in [0.1, 0.15) is 5.75 Å². The first-order valence-corrected chi connectivity index (χ1v) is 7.53. The number of aryl methyl sites for hydroxylation is 1. The van der Waals surface area contributed by atoms with Crippen LogP contribution in [-0.4, -0.2) is 4.98 Å². The van der Waals surface area contributed by atoms with Crippen LogP contribution in [0.25, 0.3) is 0 Å². The molecule has 0 bridgehead atoms. The monoisotopic (exact) mass is 339 g/mol. The zero-order chi connectivity index (χ0) is 13.7. The molecular formula is C15H15BrClNO. The highest BCUT2D eigenvalue weighted by molar-refractivity contribution is 9.10. The maximum absolute atomic E-state index is 5.91. The van der Waals surface area contributed by atoms with Crippen molar-refractivity contribution >= 4 is 27.5 Å². The number of pyridine rings is 1. The van der Waals surface area contributed by atoms with Gasteiger partial charge in [0.25, 0.3) is 0 Å². The Balaban J connectivity index is 2.23. The van der Waals surface area contributed by atoms with Gasteiger partial charge in [-0.05, 0) is 42.3 Å². The van der Waals surface area contributed by atoms with Gasteiger partial charge in [0.15, 0.2) is 0 Å². The first-order valence-electron chi connectivity index (χ1n) is 6.20. The summed E-state index contributed by atoms with van der Waals surface area (Å²) in [4.78, 5) is 4.50. The van der Waals surface area contributed by atoms with Gasteiger partial charge in [-0.2, -0.15) is 0 Å². The van der Waals surface area contributed by atoms with Crippen molar-refractivity contribution in [3.05, 3.63) is 52.1 Å². The summed E-state index contributed by atoms with van der Waals surface area (Å²) in [6, 6.07) is 11.6. The molecule has 0 unspecified atom stereocenters. The van der Waals surface area contributed by atoms with Crippen LogP contribution < -0.4 is 4.74 Å². The molecule has 2 rings (SSSR count). The van der Waals surface area contributed by atoms with Crippen molar-refractivity contribution in [3.8, 4) is 11.6 Å². The normalized spacial score (nSPS) is 10.5. The summed E-state index contributed by atoms with van der Waals surface area (Å²) in [6.07, 6.45) is 1.98. The van der Waals surface area contributed by atoms with Gasteiger partial charge in [0, 0.05) is 22.1 Å². The Morgan fingerprint density at radius 3 is 2.58 bits per heavy atom. The van der Waals surface area contributed by atoms with Gasteiger partial charge < -0.3 is 4.74 Å². The minimum absolute atomic E-state index is 0.468. The minimum Gasteiger partial charge on any atom is -0.439 e. The van der Waals surface area contributed by atoms with E-state index in [9.17, 15) is 0 Å². The van der Waals surface area contributed by atoms with Gasteiger partial charge in [-0.1, -0.05) is 29.3 Å². The third kappa shape index (κ3) is 4.22. The first kappa shape index (κ1) is 14.4. The second kappa shape index (κ2) is 6.92. The molecule has 2 nitrogen and oxygen atoms in total. The van der Waals surface area contributed by atoms with Crippen molar-refractivity contribution in [1.82, 2.24) is 4.98 Å². The lowest BCUT2D eigenvalue weighted by Crippen LogP contribution is -1.96. The van der Waals surface area contributed by atoms with Gasteiger partial charge in [0.05, 0.1) is 0 Å². The summed E-state index contributed by atoms with van der Waals surface area (Å²) >= 11 is 9.30. The molecule has 0 atom stereocenters. The Hall–Kier alpha value is -1.06. The summed E-state index contributed by atoms with van der Waals surface area (Å²) in [5.74, 6) is 1.84. The first-order chi connectivity index (χ1) is 9.21. The largest absolute Gasteiger partial charge is 0.439 e. The zero-order valence-corrected chi connectivity index (χ0v) is 13.0. The lowest BCUT2D eigenvalue weighted by atomic mass is 10.2. The molecule has 0 N–H and O–H groups in total. The average molecular weight is 341 g/mol. The van der Waals surface area contributed by atoms with Crippen molar-refractivity contribution in [1.29, 1.82) is 0 Å². The predicted molar refractivity (Wildman–Crippen MR) is 82.0 cm³/mol. The number of nitrogens with zero attached hydrogens (tertiary/aromatic N) is 1. The molecule has 0 radical (unpaired) electrons. The van der Waals surface area contributed by atoms with Crippen LogP contribution in [0.3, 0.4) is 0 Å². The van der Waals surface area contributed by atoms with Crippen LogP contribution in [0.4, 0.5) is 0 Å². The third-order valence-corrected chi connectivity index (χ3v) is 3.45. The van der Waals surface area contributed by atoms with Crippen molar-refractivity contribution in [2.45, 2.75) is 25.6 Å². The van der Waals surface area contributed by atoms with Crippen LogP contribution in [0.15, 0.2) is 40.9 Å². The molecule has 100 valence electrons. The second-order valence-electron chi connectivity index (χ2n) is 4.24. The van der Waals surface area contributed by atoms with Crippen molar-refractivity contribution < 1.29 is 4.74 Å². The molecule has 1 heterocycles. The topological polar surface area (TPSA) is 22.1 Å². The Morgan fingerprint density at radius 1 is 1.21 bits per heavy atom. The SMILES string of the molecule is CCCc1cc(CCl)cc(Oc2ccc(Br)cc2)n1. The van der Waals surface area contributed by atoms with Gasteiger partial charge >= 0.3 is 0 Å². The molecule has 19 heavy (non-hydrogen) atoms. The Bertz CT molecular complexity index is 542. The standard InChI is InChI=1S/C15H15BrClNO/c1-2-3-13-8-11(10-17)9-15(18-13)19-14-6-4-12(16)5-7-14/h4-9H,2-3,10H2,1H3. The van der Waals surface area contributed by atoms with Crippen LogP contribution >= 0.6 is 27.5 Å². The van der Waals surface area contributed by atoms with E-state index in [1.165, 1.54) is 0 Å². The van der Waals surface area contributed by atoms with E-state index >= 15 is 0 Å². The van der Waals surface area contributed by atoms with E-state index in [4.69, 9.17) is 16.3 Å². The Kier molecular flexibility index (Phi) is 5.23. The highest BCUT2D eigenvalue weighted by Crippen LogP contribution is 2.24. The van der Waals surface area contributed by atoms with Crippen molar-refractivity contribution in [2.75, 3.05) is 0 Å². The molecule has 0 aliphatic carbocycles. The van der Waals surface area contributed by atoms with E-state index < -0.39 is 0 Å². The molecular weight excluding hydrogens is 326 g/mol. The number of aromatic nitrogens is 1. The van der Waals surface area contributed by atoms with E-state index in [2.05, 4.69) is 27.8 Å². The summed E-state index contributed by atoms with van der Waals surface area (Å²) < 4.78 is 6.79. The molecule has 1 aromatic carbocycles. The van der Waals surface area contributed by atoms with Gasteiger partial charge in [-0.25, -0.2) is 4.98 Å². The molecule has 0 aliphatic rings. The highest BCUT2D eigenvalue weighted by Gasteiger charge is 2.04. The fraction of sp³-hybridized carbons (Fsp3) is 0.267. The van der Waals surface area contributed by atoms with E-state index in [1.807, 2.05) is 36.4 Å². The summed E-state index contributed by atoms with van der Waals surface area (Å²) in [7, 11) is 0. The molecule has 1 aromatic heterocycles. The van der Waals surface area contributed by atoms with E-state index in [1.54, 1.807) is 0 Å². The number of halogens is 2. The molecule has 2 aromatic rings. The molecule has 0 amide bonds. The highest BCUT2D eigenvalue weighted by atomic mass is 79.9. The van der Waals surface area contributed by atoms with Gasteiger partial charge in [-0.15, -0.1) is 11.6 Å². The summed E-state index contributed by atoms with van der Waals surface area (Å²) in [5.41, 5.74) is 2.06. The van der Waals surface area contributed by atoms with E-state index in [0.29, 0.717) is 11.8 Å². The van der Waals surface area contributed by atoms with Crippen LogP contribution in [-0.2, 0) is 12.3 Å². The van der Waals surface area contributed by atoms with Crippen molar-refractivity contribution in [3.63, 3.8) is 0 Å². The third-order valence-electron chi connectivity index (χ3n) is 2.61. The number of hydrogen-bond donors (Lipinski definition) is 0. The van der Waals surface area contributed by atoms with Crippen LogP contribution in [0.1, 0.15) is 24.6 Å². The fourth-order valence-corrected chi connectivity index (χ4v) is 2.18. The number of alkyl halides is 1. The molecule has 0 saturated carbocycles. The van der Waals surface area contributed by atoms with E-state index in [-0.39, 0.29) is 0 Å². The van der Waals surface area contributed by atoms with Crippen LogP contribution in [0.5, 0.6) is 11.6 Å². The maximum atomic E-state index is 5.91. The van der Waals surface area contributed by atoms with Gasteiger partial charge in [-0.3, -0.25) is 0 Å². The zero-order valence-electron chi connectivity index (χ0n) is 10.7. The maximum Gasteiger partial charge on any atom is 0.219 e. The minimum atomic E-state index is 0.468. The van der Waals surface area contributed by atoms with Crippen molar-refractivity contribution in [2.24, 2.45) is 0 Å². The molecule has 0 spiro atoms. The lowest BCUT2D eigenvalue weighted by Gasteiger charge is -2.08. The fourth-order valence-electron chi connectivity index (χ4n) is 1.76. The van der Waals surface area contributed by atoms with Crippen LogP contribution in [0.2, 0.25) is 0 Å². The summed E-state index contributed by atoms with van der Waals surface area (Å²) in [5, 5.41) is 0. The van der Waals surface area contributed by atoms with E-state index in [0.717, 1.165) is 34.3 Å². The quantitative estimate of drug-likeness (QED) is 0.686. The smallest absolute Gasteiger partial charge is 0.219 e. The molecule has 0 aliphatic heterocycles. The summed E-state index contributed by atoms with van der Waals surface area (Å²) in [6.45, 7) is 2.13. The lowest BCUT2D eigenvalue weighted by molar-refractivity contribution is 0.460. The number of rotatable bonds is 5. The number of ether oxygens (including phenoxy) is 1. The Labute approximate surface area is 126 Å². The van der Waals surface area contributed by atoms with Gasteiger partial charge in [0.2, 0.25) is 5.88 Å².